The Balaban J connectivity index is 1.73. The van der Waals surface area contributed by atoms with Crippen molar-refractivity contribution in [2.24, 2.45) is 0 Å². The molecule has 2 aromatic rings. The second-order valence-electron chi connectivity index (χ2n) is 16.2. The van der Waals surface area contributed by atoms with Gasteiger partial charge in [-0.15, -0.1) is 0 Å². The van der Waals surface area contributed by atoms with Gasteiger partial charge in [-0.25, -0.2) is 4.57 Å². The van der Waals surface area contributed by atoms with Gasteiger partial charge in [-0.2, -0.15) is 0 Å². The lowest BCUT2D eigenvalue weighted by Crippen LogP contribution is -2.37. The molecule has 59 heavy (non-hydrogen) atoms. The molecule has 2 atom stereocenters. The maximum absolute atomic E-state index is 12.8. The van der Waals surface area contributed by atoms with Gasteiger partial charge in [0.05, 0.1) is 49.9 Å². The van der Waals surface area contributed by atoms with E-state index in [0.29, 0.717) is 33.2 Å². The normalized spacial score (nSPS) is 13.1. The van der Waals surface area contributed by atoms with E-state index in [4.69, 9.17) is 41.7 Å². The van der Waals surface area contributed by atoms with Crippen LogP contribution in [0, 0.1) is 0 Å². The molecule has 2 unspecified atom stereocenters. The number of phosphoric acid groups is 1. The molecule has 0 bridgehead atoms. The molecule has 3 N–H and O–H groups in total. The fourth-order valence-corrected chi connectivity index (χ4v) is 7.37. The second-order valence-corrected chi connectivity index (χ2v) is 18.4. The summed E-state index contributed by atoms with van der Waals surface area (Å²) in [5.41, 5.74) is 2.05. The number of hydrogen-bond donors (Lipinski definition) is 3. The summed E-state index contributed by atoms with van der Waals surface area (Å²) in [5.74, 6) is -1.31. The van der Waals surface area contributed by atoms with E-state index in [1.165, 1.54) is 70.6 Å². The first-order chi connectivity index (χ1) is 28.2. The zero-order chi connectivity index (χ0) is 43.4. The lowest BCUT2D eigenvalue weighted by atomic mass is 10.0. The summed E-state index contributed by atoms with van der Waals surface area (Å²) < 4.78 is 34.2. The minimum atomic E-state index is -4.47. The topological polar surface area (TPSA) is 149 Å². The monoisotopic (exact) mass is 886 g/mol. The van der Waals surface area contributed by atoms with Crippen LogP contribution in [-0.4, -0.2) is 87.4 Å². The highest BCUT2D eigenvalue weighted by molar-refractivity contribution is 7.47. The number of carbonyl (C=O) groups excluding carboxylic acids is 3. The van der Waals surface area contributed by atoms with E-state index in [1.54, 1.807) is 18.2 Å². The third-order valence-corrected chi connectivity index (χ3v) is 11.2. The Bertz CT molecular complexity index is 1540. The number of para-hydroxylation sites is 1. The van der Waals surface area contributed by atoms with Crippen molar-refractivity contribution in [3.63, 3.8) is 0 Å². The van der Waals surface area contributed by atoms with Gasteiger partial charge in [-0.05, 0) is 42.7 Å². The van der Waals surface area contributed by atoms with Crippen molar-refractivity contribution in [2.45, 2.75) is 135 Å². The van der Waals surface area contributed by atoms with Gasteiger partial charge in [0.15, 0.2) is 6.10 Å². The molecule has 0 fully saturated rings. The predicted octanol–water partition coefficient (Wildman–Crippen LogP) is 10.7. The summed E-state index contributed by atoms with van der Waals surface area (Å²) >= 11 is 12.6. The van der Waals surface area contributed by atoms with Gasteiger partial charge in [-0.3, -0.25) is 23.4 Å². The standard InChI is InChI=1S/C44H70Cl2N3O9P/c1-5-6-7-8-9-10-11-12-13-14-15-16-17-18-19-27-42(51)55-34-38(35-57-59(53,54)56-31-30-49(2,3)4)58-43(52)28-22-29-47-41(50)33-36-23-20-24-37(32-36)48-44-39(45)25-21-26-40(44)46/h20-21,23-26,32,38,48H,5-19,22,27-31,33-35H2,1-4H3,(H-,47,50,53,54)/p+1. The molecule has 0 aliphatic rings. The summed E-state index contributed by atoms with van der Waals surface area (Å²) in [5, 5.41) is 6.93. The Labute approximate surface area is 363 Å². The number of rotatable bonds is 34. The number of amides is 1. The quantitative estimate of drug-likeness (QED) is 0.0268. The smallest absolute Gasteiger partial charge is 0.462 e. The molecule has 15 heteroatoms. The minimum absolute atomic E-state index is 0.0263. The number of carbonyl (C=O) groups is 3. The Hall–Kier alpha value is -2.70. The van der Waals surface area contributed by atoms with Crippen molar-refractivity contribution in [2.75, 3.05) is 59.4 Å². The number of nitrogens with one attached hydrogen (secondary N) is 2. The van der Waals surface area contributed by atoms with Crippen LogP contribution in [0.25, 0.3) is 0 Å². The number of likely N-dealkylation sites (N-methyl/N-ethyl adjacent to an activating group) is 1. The number of phosphoric ester groups is 1. The van der Waals surface area contributed by atoms with Crippen molar-refractivity contribution in [3.05, 3.63) is 58.1 Å². The number of benzene rings is 2. The first-order valence-corrected chi connectivity index (χ1v) is 23.8. The SMILES string of the molecule is CCCCCCCCCCCCCCCCCC(=O)OCC(COP(=O)(O)OCC[N+](C)(C)C)OC(=O)CCCNC(=O)Cc1cccc(Nc2c(Cl)cccc2Cl)c1. The maximum Gasteiger partial charge on any atom is 0.472 e. The van der Waals surface area contributed by atoms with Crippen LogP contribution >= 0.6 is 31.0 Å². The van der Waals surface area contributed by atoms with Crippen LogP contribution in [0.2, 0.25) is 10.0 Å². The van der Waals surface area contributed by atoms with Crippen molar-refractivity contribution in [1.82, 2.24) is 5.32 Å². The van der Waals surface area contributed by atoms with Crippen LogP contribution in [0.3, 0.4) is 0 Å². The number of unbranched alkanes of at least 4 members (excludes halogenated alkanes) is 14. The summed E-state index contributed by atoms with van der Waals surface area (Å²) in [6.07, 6.45) is 17.8. The van der Waals surface area contributed by atoms with Gasteiger partial charge in [-0.1, -0.05) is 138 Å². The molecule has 0 aliphatic carbocycles. The number of halogens is 2. The third kappa shape index (κ3) is 27.0. The Morgan fingerprint density at radius 2 is 1.31 bits per heavy atom. The van der Waals surface area contributed by atoms with E-state index >= 15 is 0 Å². The molecule has 0 aliphatic heterocycles. The van der Waals surface area contributed by atoms with E-state index in [0.717, 1.165) is 30.5 Å². The fourth-order valence-electron chi connectivity index (χ4n) is 6.13. The predicted molar refractivity (Wildman–Crippen MR) is 237 cm³/mol. The molecule has 0 radical (unpaired) electrons. The third-order valence-electron chi connectivity index (χ3n) is 9.56. The highest BCUT2D eigenvalue weighted by Gasteiger charge is 2.27. The molecular formula is C44H71Cl2N3O9P+. The largest absolute Gasteiger partial charge is 0.472 e. The van der Waals surface area contributed by atoms with Crippen molar-refractivity contribution in [3.8, 4) is 0 Å². The molecule has 0 saturated heterocycles. The number of hydrogen-bond acceptors (Lipinski definition) is 9. The maximum atomic E-state index is 12.8. The number of ether oxygens (including phenoxy) is 2. The van der Waals surface area contributed by atoms with Crippen LogP contribution in [0.15, 0.2) is 42.5 Å². The van der Waals surface area contributed by atoms with Crippen molar-refractivity contribution < 1.29 is 46.8 Å². The van der Waals surface area contributed by atoms with Crippen LogP contribution in [0.5, 0.6) is 0 Å². The Morgan fingerprint density at radius 3 is 1.90 bits per heavy atom. The van der Waals surface area contributed by atoms with Gasteiger partial charge >= 0.3 is 19.8 Å². The number of anilines is 2. The minimum Gasteiger partial charge on any atom is -0.462 e. The van der Waals surface area contributed by atoms with Crippen LogP contribution < -0.4 is 10.6 Å². The molecule has 1 amide bonds. The van der Waals surface area contributed by atoms with Gasteiger partial charge in [0, 0.05) is 25.1 Å². The van der Waals surface area contributed by atoms with Gasteiger partial charge in [0.25, 0.3) is 0 Å². The molecule has 0 heterocycles. The number of nitrogens with zero attached hydrogens (tertiary/aromatic N) is 1. The van der Waals surface area contributed by atoms with E-state index in [1.807, 2.05) is 45.4 Å². The second kappa shape index (κ2) is 30.3. The van der Waals surface area contributed by atoms with Crippen molar-refractivity contribution in [1.29, 1.82) is 0 Å². The zero-order valence-electron chi connectivity index (χ0n) is 36.0. The van der Waals surface area contributed by atoms with Crippen molar-refractivity contribution >= 4 is 60.2 Å². The molecule has 12 nitrogen and oxygen atoms in total. The molecule has 2 rings (SSSR count). The highest BCUT2D eigenvalue weighted by atomic mass is 35.5. The zero-order valence-corrected chi connectivity index (χ0v) is 38.4. The van der Waals surface area contributed by atoms with E-state index in [9.17, 15) is 23.8 Å². The highest BCUT2D eigenvalue weighted by Crippen LogP contribution is 2.43. The number of esters is 2. The molecule has 0 aromatic heterocycles. The van der Waals surface area contributed by atoms with E-state index in [2.05, 4.69) is 17.6 Å². The summed E-state index contributed by atoms with van der Waals surface area (Å²) in [7, 11) is 1.28. The summed E-state index contributed by atoms with van der Waals surface area (Å²) in [6, 6.07) is 12.5. The molecule has 334 valence electrons. The lowest BCUT2D eigenvalue weighted by molar-refractivity contribution is -0.870. The first kappa shape index (κ1) is 52.4. The Morgan fingerprint density at radius 1 is 0.746 bits per heavy atom. The van der Waals surface area contributed by atoms with Crippen LogP contribution in [-0.2, 0) is 43.9 Å². The molecular weight excluding hydrogens is 816 g/mol. The number of quaternary nitrogens is 1. The summed E-state index contributed by atoms with van der Waals surface area (Å²) in [6.45, 7) is 2.05. The summed E-state index contributed by atoms with van der Waals surface area (Å²) in [4.78, 5) is 48.2. The Kier molecular flexibility index (Phi) is 27.0. The lowest BCUT2D eigenvalue weighted by Gasteiger charge is -2.24. The van der Waals surface area contributed by atoms with Gasteiger partial charge in [0.1, 0.15) is 19.8 Å². The van der Waals surface area contributed by atoms with E-state index < -0.39 is 32.5 Å². The fraction of sp³-hybridized carbons (Fsp3) is 0.659. The van der Waals surface area contributed by atoms with Crippen LogP contribution in [0.1, 0.15) is 128 Å². The molecule has 0 saturated carbocycles. The average Bonchev–Trinajstić information content (AvgIpc) is 3.17. The molecule has 2 aromatic carbocycles. The van der Waals surface area contributed by atoms with Gasteiger partial charge in [0.2, 0.25) is 5.91 Å². The van der Waals surface area contributed by atoms with Crippen LogP contribution in [0.4, 0.5) is 11.4 Å². The average molecular weight is 888 g/mol. The van der Waals surface area contributed by atoms with Gasteiger partial charge < -0.3 is 29.5 Å². The first-order valence-electron chi connectivity index (χ1n) is 21.5. The van der Waals surface area contributed by atoms with E-state index in [-0.39, 0.29) is 51.3 Å². The molecule has 0 spiro atoms.